The van der Waals surface area contributed by atoms with E-state index in [-0.39, 0.29) is 11.8 Å². The number of fused-ring (bicyclic) bond motifs is 1. The lowest BCUT2D eigenvalue weighted by molar-refractivity contribution is -0.170. The van der Waals surface area contributed by atoms with E-state index in [9.17, 15) is 40.5 Å². The molecule has 1 aliphatic heterocycles. The summed E-state index contributed by atoms with van der Waals surface area (Å²) in [5, 5.41) is -5.16. The Hall–Kier alpha value is -1.89. The molecule has 0 N–H and O–H groups in total. The van der Waals surface area contributed by atoms with E-state index < -0.39 is 82.4 Å². The predicted molar refractivity (Wildman–Crippen MR) is 100 cm³/mol. The quantitative estimate of drug-likeness (QED) is 0.279. The summed E-state index contributed by atoms with van der Waals surface area (Å²) in [6, 6.07) is 0. The molecular weight excluding hydrogens is 473 g/mol. The van der Waals surface area contributed by atoms with Crippen LogP contribution in [0.25, 0.3) is 0 Å². The largest absolute Gasteiger partial charge is 0.743 e. The third kappa shape index (κ3) is 4.22. The van der Waals surface area contributed by atoms with Crippen LogP contribution in [-0.4, -0.2) is 61.1 Å². The summed E-state index contributed by atoms with van der Waals surface area (Å²) in [5.41, 5.74) is 0. The molecule has 0 aromatic carbocycles. The topological polar surface area (TPSA) is 136 Å². The molecule has 186 valence electrons. The second-order valence-electron chi connectivity index (χ2n) is 9.19. The maximum Gasteiger partial charge on any atom is 0.364 e. The monoisotopic (exact) mass is 497 g/mol. The maximum absolute atomic E-state index is 13.6. The van der Waals surface area contributed by atoms with Crippen LogP contribution in [0.2, 0.25) is 0 Å². The minimum absolute atomic E-state index is 0.253. The van der Waals surface area contributed by atoms with E-state index >= 15 is 0 Å². The van der Waals surface area contributed by atoms with Crippen LogP contribution in [0.3, 0.4) is 0 Å². The molecule has 0 spiro atoms. The van der Waals surface area contributed by atoms with Gasteiger partial charge in [-0.15, -0.1) is 0 Å². The smallest absolute Gasteiger partial charge is 0.364 e. The number of alkyl halides is 3. The highest BCUT2D eigenvalue weighted by atomic mass is 32.2. The van der Waals surface area contributed by atoms with E-state index in [0.29, 0.717) is 19.3 Å². The first-order chi connectivity index (χ1) is 15.4. The molecule has 9 nitrogen and oxygen atoms in total. The molecule has 4 rings (SSSR count). The molecule has 7 atom stereocenters. The van der Waals surface area contributed by atoms with Gasteiger partial charge in [-0.25, -0.2) is 12.8 Å². The number of hydrogen-bond donors (Lipinski definition) is 0. The Morgan fingerprint density at radius 2 is 1.82 bits per heavy atom. The van der Waals surface area contributed by atoms with Crippen molar-refractivity contribution >= 4 is 28.0 Å². The lowest BCUT2D eigenvalue weighted by Gasteiger charge is -2.32. The zero-order valence-corrected chi connectivity index (χ0v) is 18.3. The molecule has 1 saturated heterocycles. The first-order valence-electron chi connectivity index (χ1n) is 11.0. The summed E-state index contributed by atoms with van der Waals surface area (Å²) in [7, 11) is -6.23. The normalized spacial score (nSPS) is 34.7. The van der Waals surface area contributed by atoms with Gasteiger partial charge in [-0.3, -0.25) is 14.4 Å². The van der Waals surface area contributed by atoms with Gasteiger partial charge in [0, 0.05) is 18.3 Å². The van der Waals surface area contributed by atoms with Crippen molar-refractivity contribution in [3.8, 4) is 0 Å². The molecule has 0 aromatic heterocycles. The Kier molecular flexibility index (Phi) is 6.40. The Balaban J connectivity index is 1.39. The first kappa shape index (κ1) is 24.2. The Labute approximate surface area is 188 Å². The van der Waals surface area contributed by atoms with Crippen LogP contribution in [0.5, 0.6) is 0 Å². The second kappa shape index (κ2) is 8.71. The van der Waals surface area contributed by atoms with Crippen molar-refractivity contribution in [2.24, 2.45) is 29.6 Å². The van der Waals surface area contributed by atoms with Crippen molar-refractivity contribution in [3.63, 3.8) is 0 Å². The minimum Gasteiger partial charge on any atom is -0.743 e. The molecule has 0 aromatic rings. The van der Waals surface area contributed by atoms with E-state index in [1.54, 1.807) is 0 Å². The fraction of sp³-hybridized carbons (Fsp3) is 0.850. The highest BCUT2D eigenvalue weighted by molar-refractivity contribution is 7.86. The standard InChI is InChI=1S/C20H25F3O9S/c21-12(20(22,23)33(27,28)29)6-7-30-18(25)13-10-8-11-14(13)19(26)32-16(11)15(10)31-17(24)9-4-2-1-3-5-9/h9-16H,1-8H2,(H,27,28,29)/p-1. The molecule has 1 heterocycles. The SMILES string of the molecule is O=C(OC1C2CC3C1OC(=O)C3C2C(=O)OCCC(F)C(F)(F)S(=O)(=O)[O-])C1CCCCC1. The highest BCUT2D eigenvalue weighted by Gasteiger charge is 2.70. The maximum atomic E-state index is 13.6. The number of ether oxygens (including phenoxy) is 3. The molecule has 3 saturated carbocycles. The molecule has 7 unspecified atom stereocenters. The lowest BCUT2D eigenvalue weighted by Crippen LogP contribution is -2.44. The van der Waals surface area contributed by atoms with Gasteiger partial charge < -0.3 is 18.8 Å². The molecule has 0 amide bonds. The number of carbonyl (C=O) groups excluding carboxylic acids is 3. The van der Waals surface area contributed by atoms with Crippen molar-refractivity contribution in [1.82, 2.24) is 0 Å². The summed E-state index contributed by atoms with van der Waals surface area (Å²) in [6.07, 6.45) is -1.42. The van der Waals surface area contributed by atoms with Crippen LogP contribution in [0, 0.1) is 29.6 Å². The third-order valence-electron chi connectivity index (χ3n) is 7.32. The van der Waals surface area contributed by atoms with Gasteiger partial charge in [0.05, 0.1) is 24.4 Å². The molecular formula is C20H24F3O9S-. The zero-order chi connectivity index (χ0) is 24.1. The number of halogens is 3. The van der Waals surface area contributed by atoms with E-state index in [4.69, 9.17) is 14.2 Å². The fourth-order valence-electron chi connectivity index (χ4n) is 5.72. The third-order valence-corrected chi connectivity index (χ3v) is 8.24. The van der Waals surface area contributed by atoms with Crippen LogP contribution < -0.4 is 0 Å². The summed E-state index contributed by atoms with van der Waals surface area (Å²) >= 11 is 0. The van der Waals surface area contributed by atoms with Gasteiger partial charge in [-0.2, -0.15) is 8.78 Å². The van der Waals surface area contributed by atoms with Gasteiger partial charge >= 0.3 is 23.2 Å². The Bertz CT molecular complexity index is 918. The number of carbonyl (C=O) groups is 3. The predicted octanol–water partition coefficient (Wildman–Crippen LogP) is 1.70. The molecule has 13 heteroatoms. The number of rotatable bonds is 8. The van der Waals surface area contributed by atoms with E-state index in [2.05, 4.69) is 0 Å². The number of hydrogen-bond acceptors (Lipinski definition) is 9. The van der Waals surface area contributed by atoms with Crippen LogP contribution in [0.1, 0.15) is 44.9 Å². The molecule has 0 radical (unpaired) electrons. The summed E-state index contributed by atoms with van der Waals surface area (Å²) in [4.78, 5) is 37.6. The van der Waals surface area contributed by atoms with Crippen LogP contribution in [-0.2, 0) is 38.7 Å². The van der Waals surface area contributed by atoms with Gasteiger partial charge in [0.25, 0.3) is 0 Å². The molecule has 4 aliphatic rings. The average Bonchev–Trinajstić information content (AvgIpc) is 3.37. The first-order valence-corrected chi connectivity index (χ1v) is 12.4. The van der Waals surface area contributed by atoms with Gasteiger partial charge in [-0.05, 0) is 19.3 Å². The molecule has 33 heavy (non-hydrogen) atoms. The lowest BCUT2D eigenvalue weighted by atomic mass is 9.78. The van der Waals surface area contributed by atoms with E-state index in [0.717, 1.165) is 19.3 Å². The fourth-order valence-corrected chi connectivity index (χ4v) is 6.15. The number of esters is 3. The van der Waals surface area contributed by atoms with Crippen molar-refractivity contribution in [2.45, 2.75) is 68.6 Å². The zero-order valence-electron chi connectivity index (χ0n) is 17.5. The summed E-state index contributed by atoms with van der Waals surface area (Å²) < 4.78 is 87.5. The van der Waals surface area contributed by atoms with Crippen molar-refractivity contribution in [1.29, 1.82) is 0 Å². The van der Waals surface area contributed by atoms with Crippen LogP contribution >= 0.6 is 0 Å². The van der Waals surface area contributed by atoms with Crippen molar-refractivity contribution in [3.05, 3.63) is 0 Å². The second-order valence-corrected chi connectivity index (χ2v) is 10.6. The van der Waals surface area contributed by atoms with Crippen LogP contribution in [0.15, 0.2) is 0 Å². The minimum atomic E-state index is -6.23. The van der Waals surface area contributed by atoms with Gasteiger partial charge in [0.15, 0.2) is 16.3 Å². The van der Waals surface area contributed by atoms with Gasteiger partial charge in [0.2, 0.25) is 0 Å². The Morgan fingerprint density at radius 1 is 1.15 bits per heavy atom. The van der Waals surface area contributed by atoms with Gasteiger partial charge in [-0.1, -0.05) is 19.3 Å². The van der Waals surface area contributed by atoms with E-state index in [1.165, 1.54) is 0 Å². The summed E-state index contributed by atoms with van der Waals surface area (Å²) in [5.74, 6) is -5.07. The average molecular weight is 497 g/mol. The summed E-state index contributed by atoms with van der Waals surface area (Å²) in [6.45, 7) is -0.920. The van der Waals surface area contributed by atoms with Crippen LogP contribution in [0.4, 0.5) is 13.2 Å². The van der Waals surface area contributed by atoms with E-state index in [1.807, 2.05) is 0 Å². The Morgan fingerprint density at radius 3 is 2.45 bits per heavy atom. The van der Waals surface area contributed by atoms with Crippen molar-refractivity contribution in [2.75, 3.05) is 6.61 Å². The van der Waals surface area contributed by atoms with Gasteiger partial charge in [0.1, 0.15) is 12.2 Å². The molecule has 4 fully saturated rings. The highest BCUT2D eigenvalue weighted by Crippen LogP contribution is 2.59. The molecule has 2 bridgehead atoms. The molecule has 3 aliphatic carbocycles. The van der Waals surface area contributed by atoms with Crippen molar-refractivity contribution < 1.29 is 54.7 Å².